The Morgan fingerprint density at radius 2 is 0.981 bits per heavy atom. The molecule has 11 nitrogen and oxygen atoms in total. The van der Waals surface area contributed by atoms with E-state index in [4.69, 9.17) is 29.7 Å². The minimum Gasteiger partial charge on any atom is -0.388 e. The van der Waals surface area contributed by atoms with Crippen molar-refractivity contribution >= 4 is 34.3 Å². The first-order chi connectivity index (χ1) is 25.2. The molecule has 12 heteroatoms. The topological polar surface area (TPSA) is 183 Å². The van der Waals surface area contributed by atoms with Crippen LogP contribution in [0.15, 0.2) is 9.98 Å². The molecule has 52 heavy (non-hydrogen) atoms. The Labute approximate surface area is 329 Å². The first-order valence-electron chi connectivity index (χ1n) is 20.0. The largest absolute Gasteiger partial charge is 0.388 e. The highest BCUT2D eigenvalue weighted by Gasteiger charge is 2.01. The number of nitrogens with one attached hydrogen (secondary N) is 4. The molecule has 0 aromatic carbocycles. The van der Waals surface area contributed by atoms with E-state index in [1.54, 1.807) is 0 Å². The second-order valence-electron chi connectivity index (χ2n) is 11.2. The van der Waals surface area contributed by atoms with Gasteiger partial charge in [0, 0.05) is 45.2 Å². The highest BCUT2D eigenvalue weighted by molar-refractivity contribution is 8.13. The smallest absolute Gasteiger partial charge is 0.214 e. The quantitative estimate of drug-likeness (QED) is 0.0356. The lowest BCUT2D eigenvalue weighted by Gasteiger charge is -1.96. The summed E-state index contributed by atoms with van der Waals surface area (Å²) in [7, 11) is 3.00. The van der Waals surface area contributed by atoms with Crippen LogP contribution >= 0.6 is 11.8 Å². The number of hydrogen-bond donors (Lipinski definition) is 7. The molecule has 0 amide bonds. The Bertz CT molecular complexity index is 756. The third-order valence-corrected chi connectivity index (χ3v) is 6.78. The first-order valence-corrected chi connectivity index (χ1v) is 21.2. The molecule has 0 saturated carbocycles. The molecule has 310 valence electrons. The number of rotatable bonds is 16. The minimum absolute atomic E-state index is 0.289. The van der Waals surface area contributed by atoms with Crippen LogP contribution in [0.1, 0.15) is 165 Å². The van der Waals surface area contributed by atoms with Crippen LogP contribution in [0.25, 0.3) is 9.69 Å². The van der Waals surface area contributed by atoms with E-state index in [-0.39, 0.29) is 5.84 Å². The normalized spacial score (nSPS) is 10.8. The number of amidine groups is 3. The average Bonchev–Trinajstić information content (AvgIpc) is 3.88. The lowest BCUT2D eigenvalue weighted by Crippen LogP contribution is -2.17. The highest BCUT2D eigenvalue weighted by Crippen LogP contribution is 2.05. The summed E-state index contributed by atoms with van der Waals surface area (Å²) in [5, 5.41) is 21.0. The van der Waals surface area contributed by atoms with Gasteiger partial charge in [0.15, 0.2) is 0 Å². The van der Waals surface area contributed by atoms with E-state index in [1.807, 2.05) is 27.0 Å². The van der Waals surface area contributed by atoms with Crippen molar-refractivity contribution in [2.75, 3.05) is 59.6 Å². The van der Waals surface area contributed by atoms with E-state index in [0.717, 1.165) is 82.6 Å². The fourth-order valence-electron chi connectivity index (χ4n) is 3.55. The molecule has 10 N–H and O–H groups in total. The minimum atomic E-state index is 0.289. The van der Waals surface area contributed by atoms with E-state index in [2.05, 4.69) is 76.4 Å². The van der Waals surface area contributed by atoms with Gasteiger partial charge in [0.2, 0.25) is 13.1 Å². The van der Waals surface area contributed by atoms with Gasteiger partial charge in [-0.1, -0.05) is 107 Å². The van der Waals surface area contributed by atoms with E-state index in [9.17, 15) is 0 Å². The van der Waals surface area contributed by atoms with Gasteiger partial charge in [0.25, 0.3) is 0 Å². The number of nitrogens with zero attached hydrogens (tertiary/aromatic N) is 4. The zero-order valence-electron chi connectivity index (χ0n) is 36.2. The maximum absolute atomic E-state index is 7.10. The van der Waals surface area contributed by atoms with Gasteiger partial charge in [-0.2, -0.15) is 0 Å². The summed E-state index contributed by atoms with van der Waals surface area (Å²) in [6.07, 6.45) is 22.3. The van der Waals surface area contributed by atoms with Gasteiger partial charge < -0.3 is 37.5 Å². The van der Waals surface area contributed by atoms with E-state index in [0.29, 0.717) is 13.1 Å². The summed E-state index contributed by atoms with van der Waals surface area (Å²) >= 11 is 1.53. The summed E-state index contributed by atoms with van der Waals surface area (Å²) in [6.45, 7) is 34.8. The van der Waals surface area contributed by atoms with Gasteiger partial charge in [-0.15, -0.1) is 11.8 Å². The van der Waals surface area contributed by atoms with Crippen LogP contribution in [0.5, 0.6) is 0 Å². The molecule has 0 spiro atoms. The van der Waals surface area contributed by atoms with Crippen molar-refractivity contribution in [1.29, 1.82) is 10.8 Å². The molecule has 0 aliphatic carbocycles. The van der Waals surface area contributed by atoms with E-state index >= 15 is 0 Å². The molecule has 0 atom stereocenters. The third kappa shape index (κ3) is 81.4. The lowest BCUT2D eigenvalue weighted by atomic mass is 10.1. The van der Waals surface area contributed by atoms with E-state index < -0.39 is 0 Å². The van der Waals surface area contributed by atoms with E-state index in [1.165, 1.54) is 95.3 Å². The van der Waals surface area contributed by atoms with Gasteiger partial charge in [-0.25, -0.2) is 13.1 Å². The molecule has 0 saturated heterocycles. The maximum Gasteiger partial charge on any atom is 0.214 e. The van der Waals surface area contributed by atoms with Crippen molar-refractivity contribution in [3.63, 3.8) is 0 Å². The van der Waals surface area contributed by atoms with Gasteiger partial charge in [-0.3, -0.25) is 20.8 Å². The third-order valence-electron chi connectivity index (χ3n) is 6.08. The summed E-state index contributed by atoms with van der Waals surface area (Å²) in [6, 6.07) is 0. The predicted molar refractivity (Wildman–Crippen MR) is 241 cm³/mol. The molecule has 2 aliphatic heterocycles. The number of unbranched alkanes of at least 4 members (excludes halogenated alkanes) is 6. The van der Waals surface area contributed by atoms with Gasteiger partial charge in [0.1, 0.15) is 0 Å². The van der Waals surface area contributed by atoms with Crippen LogP contribution in [-0.2, 0) is 0 Å². The van der Waals surface area contributed by atoms with Crippen molar-refractivity contribution in [3.05, 3.63) is 22.8 Å². The molecule has 2 aliphatic rings. The summed E-state index contributed by atoms with van der Waals surface area (Å²) < 4.78 is 0. The number of aliphatic imine (C=N–C) groups is 2. The second kappa shape index (κ2) is 70.0. The molecular weight excluding hydrogens is 667 g/mol. The SMILES string of the molecule is CCCC(=N)N.CCCC(=N)SC.CCCC1=NCCN1.CCCC1=NCCN1.CCCCCCCCC.CN.CN.[C-]#[N+]CCC.[C-]#[N+]CCC. The van der Waals surface area contributed by atoms with Crippen LogP contribution < -0.4 is 27.8 Å². The number of nitrogens with two attached hydrogens (primary N) is 3. The van der Waals surface area contributed by atoms with Crippen molar-refractivity contribution < 1.29 is 0 Å². The lowest BCUT2D eigenvalue weighted by molar-refractivity contribution is 0.602. The second-order valence-corrected chi connectivity index (χ2v) is 12.1. The van der Waals surface area contributed by atoms with Gasteiger partial charge >= 0.3 is 0 Å². The van der Waals surface area contributed by atoms with Crippen molar-refractivity contribution in [2.45, 2.75) is 165 Å². The van der Waals surface area contributed by atoms with Crippen LogP contribution in [-0.4, -0.2) is 82.2 Å². The predicted octanol–water partition coefficient (Wildman–Crippen LogP) is 9.96. The monoisotopic (exact) mass is 756 g/mol. The Kier molecular flexibility index (Phi) is 86.6. The molecule has 0 bridgehead atoms. The van der Waals surface area contributed by atoms with Crippen LogP contribution in [0.2, 0.25) is 0 Å². The highest BCUT2D eigenvalue weighted by atomic mass is 32.2. The van der Waals surface area contributed by atoms with Crippen LogP contribution in [0, 0.1) is 24.0 Å². The Morgan fingerprint density at radius 1 is 0.615 bits per heavy atom. The molecule has 0 radical (unpaired) electrons. The molecular formula is C40H89N11S. The molecule has 0 aromatic rings. The van der Waals surface area contributed by atoms with Gasteiger partial charge in [0.05, 0.1) is 35.6 Å². The van der Waals surface area contributed by atoms with Crippen molar-refractivity contribution in [1.82, 2.24) is 10.6 Å². The summed E-state index contributed by atoms with van der Waals surface area (Å²) in [5.41, 5.74) is 14.0. The van der Waals surface area contributed by atoms with Crippen molar-refractivity contribution in [2.24, 2.45) is 27.2 Å². The number of thioether (sulfide) groups is 1. The molecule has 0 aromatic heterocycles. The molecule has 2 rings (SSSR count). The molecule has 0 unspecified atom stereocenters. The van der Waals surface area contributed by atoms with Gasteiger partial charge in [-0.05, 0) is 46.0 Å². The number of hydrogen-bond acceptors (Lipinski definition) is 9. The standard InChI is InChI=1S/C9H20.2C6H12N2.C5H11NS.C4H10N2.2C4H7N.2CH5N/c1-3-5-7-9-8-6-4-2;2*1-2-3-6-7-4-5-8-6;1-3-4-5(6)7-2;1-2-3-4(5)6;2*1-3-4-5-2;2*1-2/h3-9H2,1-2H3;2*2-5H2,1H3,(H,7,8);6H,3-4H2,1-2H3;2-3H2,1H3,(H3,5,6);2*3-4H2,1H3;2*2H2,1H3. The Morgan fingerprint density at radius 3 is 1.13 bits per heavy atom. The maximum atomic E-state index is 7.10. The zero-order valence-corrected chi connectivity index (χ0v) is 37.0. The first kappa shape index (κ1) is 64.3. The Hall–Kier alpha value is -2.67. The summed E-state index contributed by atoms with van der Waals surface area (Å²) in [5.74, 6) is 2.69. The van der Waals surface area contributed by atoms with Crippen LogP contribution in [0.4, 0.5) is 0 Å². The molecule has 2 heterocycles. The zero-order chi connectivity index (χ0) is 41.5. The fourth-order valence-corrected chi connectivity index (χ4v) is 3.96. The average molecular weight is 756 g/mol. The fraction of sp³-hybridized carbons (Fsp3) is 0.850. The van der Waals surface area contributed by atoms with Crippen LogP contribution in [0.3, 0.4) is 0 Å². The summed E-state index contributed by atoms with van der Waals surface area (Å²) in [4.78, 5) is 14.7. The van der Waals surface area contributed by atoms with Crippen molar-refractivity contribution in [3.8, 4) is 0 Å². The molecule has 0 fully saturated rings. The Balaban J connectivity index is -0.0000000902.